The lowest BCUT2D eigenvalue weighted by atomic mass is 10.0. The first-order valence-corrected chi connectivity index (χ1v) is 25.5. The molecular formula is C50H91NO8P+. The van der Waals surface area contributed by atoms with E-state index in [4.69, 9.17) is 18.5 Å². The van der Waals surface area contributed by atoms with Crippen molar-refractivity contribution in [3.8, 4) is 0 Å². The van der Waals surface area contributed by atoms with Gasteiger partial charge < -0.3 is 18.9 Å². The smallest absolute Gasteiger partial charge is 0.462 e. The van der Waals surface area contributed by atoms with Crippen molar-refractivity contribution in [3.63, 3.8) is 0 Å². The number of allylic oxidation sites excluding steroid dienone is 10. The van der Waals surface area contributed by atoms with E-state index in [1.54, 1.807) is 0 Å². The van der Waals surface area contributed by atoms with Crippen molar-refractivity contribution in [2.45, 2.75) is 200 Å². The minimum absolute atomic E-state index is 0.0261. The summed E-state index contributed by atoms with van der Waals surface area (Å²) in [5, 5.41) is 0. The molecule has 0 bridgehead atoms. The molecule has 9 nitrogen and oxygen atoms in total. The number of carbonyl (C=O) groups is 2. The van der Waals surface area contributed by atoms with E-state index in [0.717, 1.165) is 83.5 Å². The molecule has 0 spiro atoms. The van der Waals surface area contributed by atoms with Gasteiger partial charge >= 0.3 is 19.8 Å². The van der Waals surface area contributed by atoms with E-state index in [9.17, 15) is 19.0 Å². The van der Waals surface area contributed by atoms with Gasteiger partial charge in [0.2, 0.25) is 0 Å². The maximum absolute atomic E-state index is 12.7. The Hall–Kier alpha value is -2.29. The van der Waals surface area contributed by atoms with Gasteiger partial charge in [-0.2, -0.15) is 0 Å². The standard InChI is InChI=1S/C50H90NO8P/c1-6-8-10-12-14-16-18-20-22-23-24-25-26-27-29-31-33-35-37-39-41-43-50(53)59-48(47-58-60(54,55)57-45-44-51(3,4)5)46-56-49(52)42-40-38-36-34-32-30-28-21-19-17-15-13-11-9-7-2/h8,10,14,16,20,22,24-25,27,29,48H,6-7,9,11-13,15,17-19,21,23,26,28,30-47H2,1-5H3/p+1/b10-8-,16-14-,22-20-,25-24-,29-27-. The molecule has 10 heteroatoms. The van der Waals surface area contributed by atoms with Gasteiger partial charge in [-0.1, -0.05) is 184 Å². The van der Waals surface area contributed by atoms with Gasteiger partial charge in [-0.25, -0.2) is 4.57 Å². The van der Waals surface area contributed by atoms with Crippen LogP contribution in [0.25, 0.3) is 0 Å². The van der Waals surface area contributed by atoms with E-state index in [1.807, 2.05) is 21.1 Å². The number of quaternary nitrogens is 1. The summed E-state index contributed by atoms with van der Waals surface area (Å²) in [6.45, 7) is 4.29. The van der Waals surface area contributed by atoms with E-state index < -0.39 is 26.5 Å². The molecule has 0 aromatic rings. The molecule has 1 N–H and O–H groups in total. The first kappa shape index (κ1) is 57.7. The van der Waals surface area contributed by atoms with E-state index in [1.165, 1.54) is 77.0 Å². The number of rotatable bonds is 43. The Kier molecular flexibility index (Phi) is 40.4. The SMILES string of the molecule is CC/C=C\C/C=C\C/C=C\C/C=C\C/C=C\CCCCCCCC(=O)OC(COC(=O)CCCCCCCCCCCCCCCCC)COP(=O)(O)OCC[N+](C)(C)C. The Labute approximate surface area is 368 Å². The molecule has 0 aromatic carbocycles. The van der Waals surface area contributed by atoms with Gasteiger partial charge in [0.25, 0.3) is 0 Å². The van der Waals surface area contributed by atoms with Gasteiger partial charge in [-0.05, 0) is 57.8 Å². The number of unbranched alkanes of at least 4 members (excludes halogenated alkanes) is 19. The van der Waals surface area contributed by atoms with Gasteiger partial charge in [-0.3, -0.25) is 18.6 Å². The van der Waals surface area contributed by atoms with Crippen LogP contribution in [0.1, 0.15) is 194 Å². The predicted octanol–water partition coefficient (Wildman–Crippen LogP) is 14.0. The summed E-state index contributed by atoms with van der Waals surface area (Å²) < 4.78 is 34.4. The number of esters is 2. The normalized spacial score (nSPS) is 14.0. The zero-order chi connectivity index (χ0) is 44.3. The molecule has 0 aromatic heterocycles. The largest absolute Gasteiger partial charge is 0.472 e. The Balaban J connectivity index is 4.35. The van der Waals surface area contributed by atoms with Crippen molar-refractivity contribution in [2.75, 3.05) is 47.5 Å². The van der Waals surface area contributed by atoms with Crippen LogP contribution in [0.3, 0.4) is 0 Å². The highest BCUT2D eigenvalue weighted by Crippen LogP contribution is 2.43. The highest BCUT2D eigenvalue weighted by molar-refractivity contribution is 7.47. The van der Waals surface area contributed by atoms with Crippen LogP contribution in [0.2, 0.25) is 0 Å². The molecule has 0 saturated carbocycles. The van der Waals surface area contributed by atoms with E-state index in [2.05, 4.69) is 74.6 Å². The lowest BCUT2D eigenvalue weighted by molar-refractivity contribution is -0.870. The molecule has 60 heavy (non-hydrogen) atoms. The summed E-state index contributed by atoms with van der Waals surface area (Å²) in [6.07, 6.45) is 51.2. The number of carbonyl (C=O) groups excluding carboxylic acids is 2. The number of hydrogen-bond acceptors (Lipinski definition) is 7. The zero-order valence-electron chi connectivity index (χ0n) is 39.2. The van der Waals surface area contributed by atoms with Crippen LogP contribution in [0.5, 0.6) is 0 Å². The zero-order valence-corrected chi connectivity index (χ0v) is 40.1. The summed E-state index contributed by atoms with van der Waals surface area (Å²) in [5.41, 5.74) is 0. The van der Waals surface area contributed by atoms with Crippen LogP contribution < -0.4 is 0 Å². The monoisotopic (exact) mass is 865 g/mol. The number of nitrogens with zero attached hydrogens (tertiary/aromatic N) is 1. The second kappa shape index (κ2) is 42.0. The van der Waals surface area contributed by atoms with Crippen molar-refractivity contribution in [1.29, 1.82) is 0 Å². The number of hydrogen-bond donors (Lipinski definition) is 1. The summed E-state index contributed by atoms with van der Waals surface area (Å²) >= 11 is 0. The molecule has 0 aliphatic rings. The molecule has 0 amide bonds. The molecule has 0 rings (SSSR count). The van der Waals surface area contributed by atoms with Gasteiger partial charge in [0.15, 0.2) is 6.10 Å². The second-order valence-electron chi connectivity index (χ2n) is 17.1. The second-order valence-corrected chi connectivity index (χ2v) is 18.6. The van der Waals surface area contributed by atoms with Crippen LogP contribution in [0.15, 0.2) is 60.8 Å². The summed E-state index contributed by atoms with van der Waals surface area (Å²) in [6, 6.07) is 0. The highest BCUT2D eigenvalue weighted by Gasteiger charge is 2.27. The molecule has 0 aliphatic heterocycles. The Morgan fingerprint density at radius 3 is 1.42 bits per heavy atom. The van der Waals surface area contributed by atoms with Gasteiger partial charge in [-0.15, -0.1) is 0 Å². The van der Waals surface area contributed by atoms with Crippen molar-refractivity contribution in [1.82, 2.24) is 0 Å². The lowest BCUT2D eigenvalue weighted by Crippen LogP contribution is -2.37. The highest BCUT2D eigenvalue weighted by atomic mass is 31.2. The van der Waals surface area contributed by atoms with Crippen molar-refractivity contribution in [2.24, 2.45) is 0 Å². The topological polar surface area (TPSA) is 108 Å². The summed E-state index contributed by atoms with van der Waals surface area (Å²) in [7, 11) is 1.46. The maximum atomic E-state index is 12.7. The molecule has 348 valence electrons. The van der Waals surface area contributed by atoms with Gasteiger partial charge in [0, 0.05) is 12.8 Å². The van der Waals surface area contributed by atoms with E-state index in [0.29, 0.717) is 17.4 Å². The van der Waals surface area contributed by atoms with Crippen molar-refractivity contribution < 1.29 is 42.1 Å². The van der Waals surface area contributed by atoms with Crippen LogP contribution >= 0.6 is 7.82 Å². The molecule has 0 radical (unpaired) electrons. The van der Waals surface area contributed by atoms with Crippen LogP contribution in [-0.4, -0.2) is 74.9 Å². The average Bonchev–Trinajstić information content (AvgIpc) is 3.20. The van der Waals surface area contributed by atoms with Crippen molar-refractivity contribution in [3.05, 3.63) is 60.8 Å². The number of likely N-dealkylation sites (N-methyl/N-ethyl adjacent to an activating group) is 1. The number of phosphoric ester groups is 1. The average molecular weight is 865 g/mol. The first-order valence-electron chi connectivity index (χ1n) is 24.0. The van der Waals surface area contributed by atoms with Crippen molar-refractivity contribution >= 4 is 19.8 Å². The third-order valence-electron chi connectivity index (χ3n) is 10.1. The van der Waals surface area contributed by atoms with Crippen LogP contribution in [0, 0.1) is 0 Å². The van der Waals surface area contributed by atoms with E-state index >= 15 is 0 Å². The molecule has 0 heterocycles. The Morgan fingerprint density at radius 1 is 0.533 bits per heavy atom. The van der Waals surface area contributed by atoms with Gasteiger partial charge in [0.1, 0.15) is 19.8 Å². The maximum Gasteiger partial charge on any atom is 0.472 e. The number of ether oxygens (including phenoxy) is 2. The van der Waals surface area contributed by atoms with Crippen LogP contribution in [0.4, 0.5) is 0 Å². The fourth-order valence-corrected chi connectivity index (χ4v) is 7.08. The Bertz CT molecular complexity index is 1210. The minimum Gasteiger partial charge on any atom is -0.462 e. The van der Waals surface area contributed by atoms with E-state index in [-0.39, 0.29) is 32.0 Å². The molecular weight excluding hydrogens is 774 g/mol. The van der Waals surface area contributed by atoms with Gasteiger partial charge in [0.05, 0.1) is 27.7 Å². The minimum atomic E-state index is -4.38. The van der Waals surface area contributed by atoms with Crippen LogP contribution in [-0.2, 0) is 32.7 Å². The fourth-order valence-electron chi connectivity index (χ4n) is 6.33. The third kappa shape index (κ3) is 45.2. The first-order chi connectivity index (χ1) is 29.0. The number of phosphoric acid groups is 1. The molecule has 2 atom stereocenters. The quantitative estimate of drug-likeness (QED) is 0.0212. The Morgan fingerprint density at radius 2 is 0.950 bits per heavy atom. The summed E-state index contributed by atoms with van der Waals surface area (Å²) in [5.74, 6) is -0.818. The predicted molar refractivity (Wildman–Crippen MR) is 252 cm³/mol. The fraction of sp³-hybridized carbons (Fsp3) is 0.760. The molecule has 2 unspecified atom stereocenters. The third-order valence-corrected chi connectivity index (χ3v) is 11.0. The molecule has 0 fully saturated rings. The molecule has 0 aliphatic carbocycles. The lowest BCUT2D eigenvalue weighted by Gasteiger charge is -2.24. The molecule has 0 saturated heterocycles. The summed E-state index contributed by atoms with van der Waals surface area (Å²) in [4.78, 5) is 35.5.